The van der Waals surface area contributed by atoms with Crippen LogP contribution >= 0.6 is 11.6 Å². The number of carbonyl (C=O) groups excluding carboxylic acids is 2. The van der Waals surface area contributed by atoms with E-state index < -0.39 is 23.7 Å². The minimum Gasteiger partial charge on any atom is -0.374 e. The number of carbonyl (C=O) groups is 2. The Labute approximate surface area is 137 Å². The fourth-order valence-electron chi connectivity index (χ4n) is 1.91. The van der Waals surface area contributed by atoms with Crippen molar-refractivity contribution >= 4 is 34.8 Å². The molecule has 7 heteroatoms. The van der Waals surface area contributed by atoms with E-state index >= 15 is 0 Å². The molecule has 2 aromatic rings. The van der Waals surface area contributed by atoms with Crippen molar-refractivity contribution in [2.24, 2.45) is 5.73 Å². The average Bonchev–Trinajstić information content (AvgIpc) is 2.50. The van der Waals surface area contributed by atoms with Crippen LogP contribution in [0, 0.1) is 5.82 Å². The Kier molecular flexibility index (Phi) is 5.18. The van der Waals surface area contributed by atoms with Gasteiger partial charge in [0.25, 0.3) is 0 Å². The second-order valence-corrected chi connectivity index (χ2v) is 5.36. The Balaban J connectivity index is 2.05. The maximum atomic E-state index is 13.7. The molecule has 4 N–H and O–H groups in total. The summed E-state index contributed by atoms with van der Waals surface area (Å²) in [4.78, 5) is 23.2. The first-order chi connectivity index (χ1) is 10.9. The van der Waals surface area contributed by atoms with Crippen LogP contribution in [0.15, 0.2) is 42.5 Å². The molecular formula is C16H15ClFN3O2. The maximum absolute atomic E-state index is 13.7. The van der Waals surface area contributed by atoms with Gasteiger partial charge in [0, 0.05) is 16.3 Å². The van der Waals surface area contributed by atoms with E-state index in [2.05, 4.69) is 10.6 Å². The predicted octanol–water partition coefficient (Wildman–Crippen LogP) is 3.02. The lowest BCUT2D eigenvalue weighted by atomic mass is 10.1. The van der Waals surface area contributed by atoms with Crippen LogP contribution in [0.5, 0.6) is 0 Å². The van der Waals surface area contributed by atoms with E-state index in [1.165, 1.54) is 18.2 Å². The van der Waals surface area contributed by atoms with E-state index in [1.54, 1.807) is 25.1 Å². The van der Waals surface area contributed by atoms with Gasteiger partial charge in [-0.25, -0.2) is 4.39 Å². The molecule has 1 atom stereocenters. The third-order valence-corrected chi connectivity index (χ3v) is 3.35. The summed E-state index contributed by atoms with van der Waals surface area (Å²) < 4.78 is 13.7. The molecule has 0 fully saturated rings. The highest BCUT2D eigenvalue weighted by Crippen LogP contribution is 2.19. The molecule has 0 aliphatic carbocycles. The van der Waals surface area contributed by atoms with Gasteiger partial charge < -0.3 is 16.4 Å². The quantitative estimate of drug-likeness (QED) is 0.785. The summed E-state index contributed by atoms with van der Waals surface area (Å²) in [7, 11) is 0. The van der Waals surface area contributed by atoms with E-state index in [9.17, 15) is 14.0 Å². The van der Waals surface area contributed by atoms with E-state index in [1.807, 2.05) is 0 Å². The van der Waals surface area contributed by atoms with Gasteiger partial charge in [-0.2, -0.15) is 0 Å². The van der Waals surface area contributed by atoms with Crippen molar-refractivity contribution in [2.45, 2.75) is 13.0 Å². The molecule has 0 bridgehead atoms. The first kappa shape index (κ1) is 16.8. The molecule has 0 saturated carbocycles. The summed E-state index contributed by atoms with van der Waals surface area (Å²) in [5, 5.41) is 5.63. The number of amides is 2. The first-order valence-electron chi connectivity index (χ1n) is 6.79. The number of primary amides is 1. The van der Waals surface area contributed by atoms with Crippen molar-refractivity contribution in [2.75, 3.05) is 10.6 Å². The fraction of sp³-hybridized carbons (Fsp3) is 0.125. The fourth-order valence-corrected chi connectivity index (χ4v) is 2.07. The number of halogens is 2. The molecular weight excluding hydrogens is 321 g/mol. The molecule has 2 rings (SSSR count). The molecule has 1 unspecified atom stereocenters. The van der Waals surface area contributed by atoms with Crippen molar-refractivity contribution in [3.8, 4) is 0 Å². The molecule has 5 nitrogen and oxygen atoms in total. The molecule has 23 heavy (non-hydrogen) atoms. The van der Waals surface area contributed by atoms with Crippen molar-refractivity contribution in [3.05, 3.63) is 58.9 Å². The molecule has 0 aromatic heterocycles. The summed E-state index contributed by atoms with van der Waals surface area (Å²) in [5.41, 5.74) is 6.13. The van der Waals surface area contributed by atoms with Gasteiger partial charge in [-0.15, -0.1) is 0 Å². The zero-order chi connectivity index (χ0) is 17.0. The third kappa shape index (κ3) is 4.43. The van der Waals surface area contributed by atoms with Crippen molar-refractivity contribution in [3.63, 3.8) is 0 Å². The van der Waals surface area contributed by atoms with Gasteiger partial charge in [-0.3, -0.25) is 9.59 Å². The van der Waals surface area contributed by atoms with Crippen LogP contribution in [-0.2, 0) is 4.79 Å². The standard InChI is InChI=1S/C16H15ClFN3O2/c1-9(20-12-4-2-3-10(7-12)15(19)22)16(23)21-14-6-5-11(17)8-13(14)18/h2-9,20H,1H3,(H2,19,22)(H,21,23). The number of benzene rings is 2. The summed E-state index contributed by atoms with van der Waals surface area (Å²) in [6, 6.07) is 9.77. The molecule has 2 aromatic carbocycles. The summed E-state index contributed by atoms with van der Waals surface area (Å²) in [6.07, 6.45) is 0. The second-order valence-electron chi connectivity index (χ2n) is 4.92. The Morgan fingerprint density at radius 2 is 1.96 bits per heavy atom. The highest BCUT2D eigenvalue weighted by atomic mass is 35.5. The molecule has 0 spiro atoms. The lowest BCUT2D eigenvalue weighted by Crippen LogP contribution is -2.32. The van der Waals surface area contributed by atoms with Gasteiger partial charge >= 0.3 is 0 Å². The zero-order valence-corrected chi connectivity index (χ0v) is 13.0. The molecule has 0 aliphatic rings. The highest BCUT2D eigenvalue weighted by Gasteiger charge is 2.15. The SMILES string of the molecule is CC(Nc1cccc(C(N)=O)c1)C(=O)Nc1ccc(Cl)cc1F. The molecule has 0 saturated heterocycles. The van der Waals surface area contributed by atoms with Crippen molar-refractivity contribution in [1.29, 1.82) is 0 Å². The number of nitrogens with two attached hydrogens (primary N) is 1. The van der Waals surface area contributed by atoms with Crippen molar-refractivity contribution < 1.29 is 14.0 Å². The summed E-state index contributed by atoms with van der Waals surface area (Å²) >= 11 is 5.66. The Morgan fingerprint density at radius 1 is 1.22 bits per heavy atom. The Hall–Kier alpha value is -2.60. The second kappa shape index (κ2) is 7.11. The van der Waals surface area contributed by atoms with Gasteiger partial charge in [-0.05, 0) is 43.3 Å². The van der Waals surface area contributed by atoms with Gasteiger partial charge in [0.15, 0.2) is 0 Å². The lowest BCUT2D eigenvalue weighted by molar-refractivity contribution is -0.116. The lowest BCUT2D eigenvalue weighted by Gasteiger charge is -2.16. The third-order valence-electron chi connectivity index (χ3n) is 3.11. The minimum atomic E-state index is -0.659. The zero-order valence-electron chi connectivity index (χ0n) is 12.3. The molecule has 0 aliphatic heterocycles. The molecule has 120 valence electrons. The smallest absolute Gasteiger partial charge is 0.248 e. The van der Waals surface area contributed by atoms with Gasteiger partial charge in [0.05, 0.1) is 5.69 Å². The van der Waals surface area contributed by atoms with Crippen LogP contribution in [0.2, 0.25) is 5.02 Å². The van der Waals surface area contributed by atoms with Crippen molar-refractivity contribution in [1.82, 2.24) is 0 Å². The molecule has 0 heterocycles. The summed E-state index contributed by atoms with van der Waals surface area (Å²) in [5.74, 6) is -1.61. The van der Waals surface area contributed by atoms with E-state index in [0.717, 1.165) is 6.07 Å². The van der Waals surface area contributed by atoms with Crippen LogP contribution in [0.3, 0.4) is 0 Å². The number of hydrogen-bond acceptors (Lipinski definition) is 3. The van der Waals surface area contributed by atoms with Crippen LogP contribution in [-0.4, -0.2) is 17.9 Å². The van der Waals surface area contributed by atoms with Gasteiger partial charge in [-0.1, -0.05) is 17.7 Å². The van der Waals surface area contributed by atoms with Gasteiger partial charge in [0.1, 0.15) is 11.9 Å². The monoisotopic (exact) mass is 335 g/mol. The van der Waals surface area contributed by atoms with Crippen LogP contribution in [0.1, 0.15) is 17.3 Å². The molecule has 2 amide bonds. The Bertz CT molecular complexity index is 752. The maximum Gasteiger partial charge on any atom is 0.248 e. The minimum absolute atomic E-state index is 0.0407. The summed E-state index contributed by atoms with van der Waals surface area (Å²) in [6.45, 7) is 1.61. The number of hydrogen-bond donors (Lipinski definition) is 3. The topological polar surface area (TPSA) is 84.2 Å². The molecule has 0 radical (unpaired) electrons. The van der Waals surface area contributed by atoms with Crippen LogP contribution in [0.4, 0.5) is 15.8 Å². The number of rotatable bonds is 5. The average molecular weight is 336 g/mol. The number of anilines is 2. The largest absolute Gasteiger partial charge is 0.374 e. The highest BCUT2D eigenvalue weighted by molar-refractivity contribution is 6.30. The van der Waals surface area contributed by atoms with E-state index in [-0.39, 0.29) is 10.7 Å². The van der Waals surface area contributed by atoms with Gasteiger partial charge in [0.2, 0.25) is 11.8 Å². The predicted molar refractivity (Wildman–Crippen MR) is 88.1 cm³/mol. The first-order valence-corrected chi connectivity index (χ1v) is 7.17. The van der Waals surface area contributed by atoms with E-state index in [4.69, 9.17) is 17.3 Å². The van der Waals surface area contributed by atoms with Crippen LogP contribution in [0.25, 0.3) is 0 Å². The Morgan fingerprint density at radius 3 is 2.61 bits per heavy atom. The normalized spacial score (nSPS) is 11.6. The number of nitrogens with one attached hydrogen (secondary N) is 2. The van der Waals surface area contributed by atoms with E-state index in [0.29, 0.717) is 11.3 Å². The van der Waals surface area contributed by atoms with Crippen LogP contribution < -0.4 is 16.4 Å².